The zero-order valence-corrected chi connectivity index (χ0v) is 16.7. The number of benzene rings is 2. The number of aromatic amines is 1. The highest BCUT2D eigenvalue weighted by Crippen LogP contribution is 2.45. The molecule has 0 radical (unpaired) electrons. The molecule has 2 heterocycles. The molecule has 140 valence electrons. The van der Waals surface area contributed by atoms with E-state index in [1.807, 2.05) is 55.5 Å². The summed E-state index contributed by atoms with van der Waals surface area (Å²) in [7, 11) is 0. The van der Waals surface area contributed by atoms with Crippen LogP contribution < -0.4 is 15.2 Å². The first kappa shape index (κ1) is 18.1. The summed E-state index contributed by atoms with van der Waals surface area (Å²) in [4.78, 5) is 0. The Morgan fingerprint density at radius 1 is 1.29 bits per heavy atom. The van der Waals surface area contributed by atoms with E-state index >= 15 is 0 Å². The zero-order chi connectivity index (χ0) is 19.7. The fourth-order valence-corrected chi connectivity index (χ4v) is 3.79. The molecular weight excluding hydrogens is 420 g/mol. The van der Waals surface area contributed by atoms with Gasteiger partial charge in [-0.1, -0.05) is 46.3 Å². The van der Waals surface area contributed by atoms with Gasteiger partial charge in [-0.15, -0.1) is 5.10 Å². The number of rotatable bonds is 4. The van der Waals surface area contributed by atoms with Gasteiger partial charge in [0.1, 0.15) is 24.0 Å². The molecule has 28 heavy (non-hydrogen) atoms. The Bertz CT molecular complexity index is 1110. The van der Waals surface area contributed by atoms with Crippen molar-refractivity contribution in [2.75, 3.05) is 0 Å². The van der Waals surface area contributed by atoms with Crippen molar-refractivity contribution in [3.8, 4) is 17.7 Å². The fraction of sp³-hybridized carbons (Fsp3) is 0.143. The standard InChI is InChI=1S/C21H17BrN4O2/c1-12-18-19(16(10-23)20(24)28-21(18)26-25-12)15-7-2-3-8-17(15)27-11-13-5-4-6-14(22)9-13/h2-9,19H,11,24H2,1H3,(H,25,26)/t19-/m1/s1. The van der Waals surface area contributed by atoms with Gasteiger partial charge in [0.2, 0.25) is 11.8 Å². The molecule has 0 aliphatic carbocycles. The lowest BCUT2D eigenvalue weighted by Crippen LogP contribution is -2.21. The van der Waals surface area contributed by atoms with Gasteiger partial charge in [0.05, 0.1) is 5.92 Å². The van der Waals surface area contributed by atoms with Gasteiger partial charge in [-0.2, -0.15) is 5.26 Å². The third kappa shape index (κ3) is 3.23. The van der Waals surface area contributed by atoms with E-state index < -0.39 is 5.92 Å². The predicted octanol–water partition coefficient (Wildman–Crippen LogP) is 4.28. The number of nitrogens with zero attached hydrogens (tertiary/aromatic N) is 2. The number of para-hydroxylation sites is 1. The monoisotopic (exact) mass is 436 g/mol. The number of nitrogens with two attached hydrogens (primary N) is 1. The summed E-state index contributed by atoms with van der Waals surface area (Å²) in [5.41, 5.74) is 9.84. The Morgan fingerprint density at radius 2 is 2.11 bits per heavy atom. The third-order valence-electron chi connectivity index (χ3n) is 4.64. The number of hydrogen-bond acceptors (Lipinski definition) is 5. The van der Waals surface area contributed by atoms with Gasteiger partial charge in [0, 0.05) is 21.3 Å². The van der Waals surface area contributed by atoms with Crippen LogP contribution in [0.4, 0.5) is 0 Å². The average Bonchev–Trinajstić information content (AvgIpc) is 3.06. The van der Waals surface area contributed by atoms with Crippen molar-refractivity contribution < 1.29 is 9.47 Å². The van der Waals surface area contributed by atoms with Crippen molar-refractivity contribution in [2.24, 2.45) is 5.73 Å². The lowest BCUT2D eigenvalue weighted by Gasteiger charge is -2.25. The SMILES string of the molecule is Cc1[nH]nc2c1[C@H](c1ccccc1OCc1cccc(Br)c1)C(C#N)=C(N)O2. The molecular formula is C21H17BrN4O2. The molecule has 7 heteroatoms. The van der Waals surface area contributed by atoms with Crippen LogP contribution in [0.5, 0.6) is 11.6 Å². The lowest BCUT2D eigenvalue weighted by atomic mass is 9.83. The maximum Gasteiger partial charge on any atom is 0.244 e. The van der Waals surface area contributed by atoms with E-state index in [0.717, 1.165) is 26.9 Å². The number of fused-ring (bicyclic) bond motifs is 1. The first-order valence-electron chi connectivity index (χ1n) is 8.67. The first-order chi connectivity index (χ1) is 13.6. The maximum absolute atomic E-state index is 9.73. The molecule has 6 nitrogen and oxygen atoms in total. The predicted molar refractivity (Wildman–Crippen MR) is 108 cm³/mol. The van der Waals surface area contributed by atoms with Crippen LogP contribution in [0.15, 0.2) is 64.5 Å². The lowest BCUT2D eigenvalue weighted by molar-refractivity contribution is 0.301. The average molecular weight is 437 g/mol. The minimum atomic E-state index is -0.411. The van der Waals surface area contributed by atoms with Crippen LogP contribution in [-0.4, -0.2) is 10.2 Å². The van der Waals surface area contributed by atoms with Gasteiger partial charge in [-0.25, -0.2) is 0 Å². The summed E-state index contributed by atoms with van der Waals surface area (Å²) in [5.74, 6) is 0.724. The molecule has 0 unspecified atom stereocenters. The van der Waals surface area contributed by atoms with E-state index in [1.54, 1.807) is 0 Å². The number of nitrogens with one attached hydrogen (secondary N) is 1. The Kier molecular flexibility index (Phi) is 4.80. The Balaban J connectivity index is 1.75. The highest BCUT2D eigenvalue weighted by Gasteiger charge is 2.35. The van der Waals surface area contributed by atoms with Crippen LogP contribution >= 0.6 is 15.9 Å². The van der Waals surface area contributed by atoms with E-state index in [9.17, 15) is 5.26 Å². The van der Waals surface area contributed by atoms with Crippen molar-refractivity contribution in [3.63, 3.8) is 0 Å². The van der Waals surface area contributed by atoms with E-state index in [0.29, 0.717) is 23.8 Å². The molecule has 0 saturated carbocycles. The van der Waals surface area contributed by atoms with Crippen molar-refractivity contribution >= 4 is 15.9 Å². The molecule has 3 aromatic rings. The molecule has 1 aromatic heterocycles. The number of nitriles is 1. The second kappa shape index (κ2) is 7.41. The topological polar surface area (TPSA) is 97.0 Å². The van der Waals surface area contributed by atoms with Crippen molar-refractivity contribution in [1.29, 1.82) is 5.26 Å². The number of ether oxygens (including phenoxy) is 2. The van der Waals surface area contributed by atoms with E-state index in [4.69, 9.17) is 15.2 Å². The molecule has 1 atom stereocenters. The second-order valence-electron chi connectivity index (χ2n) is 6.45. The van der Waals surface area contributed by atoms with E-state index in [1.165, 1.54) is 0 Å². The molecule has 2 aromatic carbocycles. The van der Waals surface area contributed by atoms with Crippen LogP contribution in [0.1, 0.15) is 28.3 Å². The number of H-pyrrole nitrogens is 1. The molecule has 0 amide bonds. The van der Waals surface area contributed by atoms with Crippen LogP contribution in [0.3, 0.4) is 0 Å². The quantitative estimate of drug-likeness (QED) is 0.635. The molecule has 0 fully saturated rings. The highest BCUT2D eigenvalue weighted by atomic mass is 79.9. The number of aromatic nitrogens is 2. The fourth-order valence-electron chi connectivity index (χ4n) is 3.35. The largest absolute Gasteiger partial charge is 0.489 e. The Morgan fingerprint density at radius 3 is 2.89 bits per heavy atom. The molecule has 1 aliphatic rings. The van der Waals surface area contributed by atoms with Crippen LogP contribution in [-0.2, 0) is 6.61 Å². The minimum absolute atomic E-state index is 0.0632. The number of halogens is 1. The molecule has 1 aliphatic heterocycles. The first-order valence-corrected chi connectivity index (χ1v) is 9.46. The van der Waals surface area contributed by atoms with E-state index in [2.05, 4.69) is 32.2 Å². The van der Waals surface area contributed by atoms with E-state index in [-0.39, 0.29) is 5.88 Å². The zero-order valence-electron chi connectivity index (χ0n) is 15.1. The van der Waals surface area contributed by atoms with Gasteiger partial charge in [-0.3, -0.25) is 5.10 Å². The maximum atomic E-state index is 9.73. The number of hydrogen-bond donors (Lipinski definition) is 2. The minimum Gasteiger partial charge on any atom is -0.489 e. The van der Waals surface area contributed by atoms with Gasteiger partial charge in [0.25, 0.3) is 0 Å². The van der Waals surface area contributed by atoms with Gasteiger partial charge in [-0.05, 0) is 30.7 Å². The van der Waals surface area contributed by atoms with Crippen molar-refractivity contribution in [3.05, 3.63) is 86.8 Å². The summed E-state index contributed by atoms with van der Waals surface area (Å²) in [5, 5.41) is 16.8. The highest BCUT2D eigenvalue weighted by molar-refractivity contribution is 9.10. The summed E-state index contributed by atoms with van der Waals surface area (Å²) in [6.45, 7) is 2.29. The van der Waals surface area contributed by atoms with Gasteiger partial charge < -0.3 is 15.2 Å². The van der Waals surface area contributed by atoms with Crippen LogP contribution in [0.25, 0.3) is 0 Å². The van der Waals surface area contributed by atoms with Crippen molar-refractivity contribution in [1.82, 2.24) is 10.2 Å². The summed E-state index contributed by atoms with van der Waals surface area (Å²) in [6, 6.07) is 17.8. The number of aryl methyl sites for hydroxylation is 1. The Hall–Kier alpha value is -3.24. The van der Waals surface area contributed by atoms with Crippen LogP contribution in [0.2, 0.25) is 0 Å². The Labute approximate surface area is 170 Å². The van der Waals surface area contributed by atoms with Crippen LogP contribution in [0, 0.1) is 18.3 Å². The third-order valence-corrected chi connectivity index (χ3v) is 5.14. The number of allylic oxidation sites excluding steroid dienone is 1. The summed E-state index contributed by atoms with van der Waals surface area (Å²) < 4.78 is 12.7. The van der Waals surface area contributed by atoms with Gasteiger partial charge in [0.15, 0.2) is 0 Å². The molecule has 3 N–H and O–H groups in total. The van der Waals surface area contributed by atoms with Crippen molar-refractivity contribution in [2.45, 2.75) is 19.4 Å². The van der Waals surface area contributed by atoms with Gasteiger partial charge >= 0.3 is 0 Å². The molecule has 4 rings (SSSR count). The summed E-state index contributed by atoms with van der Waals surface area (Å²) >= 11 is 3.47. The molecule has 0 saturated heterocycles. The normalized spacial score (nSPS) is 15.5. The smallest absolute Gasteiger partial charge is 0.244 e. The second-order valence-corrected chi connectivity index (χ2v) is 7.36. The molecule has 0 bridgehead atoms. The molecule has 0 spiro atoms. The summed E-state index contributed by atoms with van der Waals surface area (Å²) in [6.07, 6.45) is 0.